The van der Waals surface area contributed by atoms with E-state index in [-0.39, 0.29) is 17.4 Å². The molecule has 6 heteroatoms. The third kappa shape index (κ3) is 3.45. The molecule has 1 N–H and O–H groups in total. The summed E-state index contributed by atoms with van der Waals surface area (Å²) in [5.41, 5.74) is 2.29. The molecule has 1 aromatic heterocycles. The van der Waals surface area contributed by atoms with E-state index in [1.165, 1.54) is 17.8 Å². The van der Waals surface area contributed by atoms with Gasteiger partial charge in [-0.2, -0.15) is 0 Å². The van der Waals surface area contributed by atoms with Crippen LogP contribution in [-0.4, -0.2) is 16.2 Å². The molecular formula is C24H21FN2O2S. The van der Waals surface area contributed by atoms with Crippen LogP contribution >= 0.6 is 11.8 Å². The summed E-state index contributed by atoms with van der Waals surface area (Å²) in [6, 6.07) is 19.0. The van der Waals surface area contributed by atoms with Crippen molar-refractivity contribution in [2.24, 2.45) is 0 Å². The van der Waals surface area contributed by atoms with E-state index in [1.807, 2.05) is 36.4 Å². The zero-order chi connectivity index (χ0) is 20.7. The predicted molar refractivity (Wildman–Crippen MR) is 117 cm³/mol. The number of amides is 1. The molecule has 0 saturated heterocycles. The summed E-state index contributed by atoms with van der Waals surface area (Å²) in [5, 5.41) is 3.65. The van der Waals surface area contributed by atoms with E-state index in [1.54, 1.807) is 28.8 Å². The van der Waals surface area contributed by atoms with Crippen molar-refractivity contribution in [3.05, 3.63) is 93.8 Å². The van der Waals surface area contributed by atoms with Crippen LogP contribution in [0.1, 0.15) is 47.7 Å². The highest BCUT2D eigenvalue weighted by molar-refractivity contribution is 7.99. The predicted octanol–water partition coefficient (Wildman–Crippen LogP) is 5.07. The molecule has 1 saturated carbocycles. The molecule has 1 aliphatic carbocycles. The van der Waals surface area contributed by atoms with Crippen molar-refractivity contribution in [1.82, 2.24) is 4.57 Å². The van der Waals surface area contributed by atoms with Gasteiger partial charge in [-0.05, 0) is 42.0 Å². The quantitative estimate of drug-likeness (QED) is 0.627. The number of alkyl halides is 1. The van der Waals surface area contributed by atoms with Crippen LogP contribution in [0.5, 0.6) is 0 Å². The molecule has 5 rings (SSSR count). The van der Waals surface area contributed by atoms with Crippen molar-refractivity contribution < 1.29 is 9.18 Å². The van der Waals surface area contributed by atoms with Crippen LogP contribution < -0.4 is 10.9 Å². The minimum atomic E-state index is -1.35. The Hall–Kier alpha value is -2.86. The lowest BCUT2D eigenvalue weighted by atomic mass is 9.96. The number of fused-ring (bicyclic) bond motifs is 1. The van der Waals surface area contributed by atoms with Gasteiger partial charge in [0.15, 0.2) is 6.17 Å². The Morgan fingerprint density at radius 1 is 1.07 bits per heavy atom. The number of carbonyl (C=O) groups is 1. The van der Waals surface area contributed by atoms with Crippen molar-refractivity contribution in [3.8, 4) is 0 Å². The molecule has 2 aliphatic rings. The lowest BCUT2D eigenvalue weighted by molar-refractivity contribution is -0.118. The summed E-state index contributed by atoms with van der Waals surface area (Å²) in [7, 11) is 0. The fourth-order valence-electron chi connectivity index (χ4n) is 4.04. The summed E-state index contributed by atoms with van der Waals surface area (Å²) in [6.07, 6.45) is 0.626. The summed E-state index contributed by atoms with van der Waals surface area (Å²) in [5.74, 6) is 0.510. The van der Waals surface area contributed by atoms with E-state index < -0.39 is 12.2 Å². The summed E-state index contributed by atoms with van der Waals surface area (Å²) >= 11 is 1.49. The van der Waals surface area contributed by atoms with Gasteiger partial charge in [-0.1, -0.05) is 48.5 Å². The fourth-order valence-corrected chi connectivity index (χ4v) is 5.45. The highest BCUT2D eigenvalue weighted by Crippen LogP contribution is 2.50. The Bertz CT molecular complexity index is 1140. The molecule has 1 amide bonds. The number of anilines is 1. The van der Waals surface area contributed by atoms with Crippen molar-refractivity contribution in [1.29, 1.82) is 0 Å². The highest BCUT2D eigenvalue weighted by Gasteiger charge is 2.39. The fraction of sp³-hybridized carbons (Fsp3) is 0.250. The number of hydrogen-bond donors (Lipinski definition) is 1. The van der Waals surface area contributed by atoms with Gasteiger partial charge in [0.25, 0.3) is 5.56 Å². The van der Waals surface area contributed by atoms with Crippen LogP contribution in [0, 0.1) is 0 Å². The Morgan fingerprint density at radius 3 is 2.40 bits per heavy atom. The maximum absolute atomic E-state index is 15.5. The largest absolute Gasteiger partial charge is 0.324 e. The van der Waals surface area contributed by atoms with Crippen LogP contribution in [0.4, 0.5) is 10.1 Å². The van der Waals surface area contributed by atoms with Gasteiger partial charge in [0.2, 0.25) is 5.91 Å². The average molecular weight is 421 g/mol. The van der Waals surface area contributed by atoms with E-state index in [0.29, 0.717) is 22.6 Å². The van der Waals surface area contributed by atoms with Gasteiger partial charge in [-0.3, -0.25) is 14.2 Å². The highest BCUT2D eigenvalue weighted by atomic mass is 32.2. The van der Waals surface area contributed by atoms with Gasteiger partial charge in [-0.25, -0.2) is 4.39 Å². The lowest BCUT2D eigenvalue weighted by Gasteiger charge is -2.19. The maximum Gasteiger partial charge on any atom is 0.252 e. The van der Waals surface area contributed by atoms with Gasteiger partial charge in [0.1, 0.15) is 6.04 Å². The molecular weight excluding hydrogens is 399 g/mol. The molecule has 2 atom stereocenters. The number of benzene rings is 2. The smallest absolute Gasteiger partial charge is 0.252 e. The molecule has 152 valence electrons. The number of nitrogens with one attached hydrogen (secondary N) is 1. The van der Waals surface area contributed by atoms with Crippen LogP contribution in [0.25, 0.3) is 0 Å². The van der Waals surface area contributed by atoms with E-state index in [9.17, 15) is 9.59 Å². The van der Waals surface area contributed by atoms with Crippen molar-refractivity contribution >= 4 is 23.4 Å². The Morgan fingerprint density at radius 2 is 1.73 bits per heavy atom. The third-order valence-corrected chi connectivity index (χ3v) is 6.83. The minimum absolute atomic E-state index is 0.219. The topological polar surface area (TPSA) is 51.1 Å². The Labute approximate surface area is 178 Å². The molecule has 0 spiro atoms. The normalized spacial score (nSPS) is 18.6. The van der Waals surface area contributed by atoms with Crippen molar-refractivity contribution in [2.45, 2.75) is 36.0 Å². The average Bonchev–Trinajstić information content (AvgIpc) is 3.51. The number of carbonyl (C=O) groups excluding carboxylic acids is 1. The molecule has 3 aromatic rings. The van der Waals surface area contributed by atoms with Crippen LogP contribution in [0.15, 0.2) is 76.6 Å². The van der Waals surface area contributed by atoms with Crippen LogP contribution in [-0.2, 0) is 4.79 Å². The molecule has 2 heterocycles. The van der Waals surface area contributed by atoms with Crippen LogP contribution in [0.2, 0.25) is 0 Å². The lowest BCUT2D eigenvalue weighted by Crippen LogP contribution is -2.33. The molecule has 4 nitrogen and oxygen atoms in total. The first-order valence-corrected chi connectivity index (χ1v) is 11.1. The van der Waals surface area contributed by atoms with Gasteiger partial charge < -0.3 is 5.32 Å². The molecule has 1 fully saturated rings. The summed E-state index contributed by atoms with van der Waals surface area (Å²) in [6.45, 7) is 0. The van der Waals surface area contributed by atoms with E-state index >= 15 is 4.39 Å². The maximum atomic E-state index is 15.5. The van der Waals surface area contributed by atoms with Crippen molar-refractivity contribution in [3.63, 3.8) is 0 Å². The number of hydrogen-bond acceptors (Lipinski definition) is 3. The van der Waals surface area contributed by atoms with Gasteiger partial charge in [0.05, 0.1) is 5.03 Å². The number of thioether (sulfide) groups is 1. The molecule has 2 aromatic carbocycles. The van der Waals surface area contributed by atoms with E-state index in [2.05, 4.69) is 5.32 Å². The number of rotatable bonds is 5. The second-order valence-electron chi connectivity index (χ2n) is 7.76. The van der Waals surface area contributed by atoms with E-state index in [4.69, 9.17) is 0 Å². The third-order valence-electron chi connectivity index (χ3n) is 5.66. The molecule has 30 heavy (non-hydrogen) atoms. The van der Waals surface area contributed by atoms with Gasteiger partial charge in [0, 0.05) is 23.1 Å². The first-order chi connectivity index (χ1) is 14.6. The standard InChI is InChI=1S/C24H21FN2O2S/c25-22(16-7-3-1-4-8-16)18-13-20(28)27-19(14-30-24(27)21(18)15-11-12-15)23(29)26-17-9-5-2-6-10-17/h1-10,13,15,19,22H,11-12,14H2,(H,26,29)/t19-,22?/m0/s1. The SMILES string of the molecule is O=C(Nc1ccccc1)[C@@H]1CSc2c(C3CC3)c(C(F)c3ccccc3)cc(=O)n21. The number of nitrogens with zero attached hydrogens (tertiary/aromatic N) is 1. The Kier molecular flexibility index (Phi) is 4.95. The zero-order valence-electron chi connectivity index (χ0n) is 16.3. The summed E-state index contributed by atoms with van der Waals surface area (Å²) in [4.78, 5) is 25.9. The molecule has 0 bridgehead atoms. The summed E-state index contributed by atoms with van der Waals surface area (Å²) < 4.78 is 17.0. The van der Waals surface area contributed by atoms with Gasteiger partial charge in [-0.15, -0.1) is 11.8 Å². The molecule has 1 unspecified atom stereocenters. The number of aromatic nitrogens is 1. The van der Waals surface area contributed by atoms with Crippen LogP contribution in [0.3, 0.4) is 0 Å². The monoisotopic (exact) mass is 420 g/mol. The minimum Gasteiger partial charge on any atom is -0.324 e. The first-order valence-electron chi connectivity index (χ1n) is 10.1. The first kappa shape index (κ1) is 19.1. The van der Waals surface area contributed by atoms with E-state index in [0.717, 1.165) is 23.4 Å². The van der Waals surface area contributed by atoms with Crippen molar-refractivity contribution in [2.75, 3.05) is 11.1 Å². The zero-order valence-corrected chi connectivity index (χ0v) is 17.1. The van der Waals surface area contributed by atoms with Gasteiger partial charge >= 0.3 is 0 Å². The number of halogens is 1. The molecule has 0 radical (unpaired) electrons. The second kappa shape index (κ2) is 7.76. The molecule has 1 aliphatic heterocycles. The Balaban J connectivity index is 1.54. The second-order valence-corrected chi connectivity index (χ2v) is 8.77. The number of pyridine rings is 1. The number of para-hydroxylation sites is 1.